The van der Waals surface area contributed by atoms with Gasteiger partial charge in [-0.2, -0.15) is 0 Å². The van der Waals surface area contributed by atoms with E-state index in [1.807, 2.05) is 12.1 Å². The minimum absolute atomic E-state index is 0.128. The molecule has 0 spiro atoms. The molecule has 1 N–H and O–H groups in total. The molecule has 4 heteroatoms. The van der Waals surface area contributed by atoms with E-state index in [1.54, 1.807) is 0 Å². The van der Waals surface area contributed by atoms with E-state index < -0.39 is 0 Å². The second-order valence-electron chi connectivity index (χ2n) is 5.72. The molecule has 104 valence electrons. The van der Waals surface area contributed by atoms with Gasteiger partial charge in [-0.15, -0.1) is 0 Å². The van der Waals surface area contributed by atoms with Crippen molar-refractivity contribution in [1.29, 1.82) is 0 Å². The maximum Gasteiger partial charge on any atom is 0.306 e. The number of ether oxygens (including phenoxy) is 1. The van der Waals surface area contributed by atoms with E-state index in [0.717, 1.165) is 11.4 Å². The lowest BCUT2D eigenvalue weighted by molar-refractivity contribution is -0.140. The van der Waals surface area contributed by atoms with Gasteiger partial charge in [0.1, 0.15) is 0 Å². The number of rotatable bonds is 4. The Morgan fingerprint density at radius 1 is 1.53 bits per heavy atom. The Balaban J connectivity index is 2.10. The first kappa shape index (κ1) is 14.4. The number of nitrogens with one attached hydrogen (secondary N) is 1. The molecule has 1 aromatic rings. The summed E-state index contributed by atoms with van der Waals surface area (Å²) < 4.78 is 4.66. The van der Waals surface area contributed by atoms with E-state index in [1.165, 1.54) is 18.2 Å². The minimum atomic E-state index is -0.186. The fraction of sp³-hybridized carbons (Fsp3) is 0.533. The van der Waals surface area contributed by atoms with Gasteiger partial charge in [-0.05, 0) is 35.1 Å². The third-order valence-corrected chi connectivity index (χ3v) is 3.99. The van der Waals surface area contributed by atoms with Crippen LogP contribution in [0.3, 0.4) is 0 Å². The first-order chi connectivity index (χ1) is 8.94. The van der Waals surface area contributed by atoms with Crippen LogP contribution < -0.4 is 5.32 Å². The normalized spacial score (nSPS) is 20.1. The van der Waals surface area contributed by atoms with Crippen molar-refractivity contribution in [2.75, 3.05) is 13.7 Å². The van der Waals surface area contributed by atoms with Gasteiger partial charge in [-0.3, -0.25) is 4.79 Å². The highest BCUT2D eigenvalue weighted by Crippen LogP contribution is 2.45. The number of carbonyl (C=O) groups excluding carboxylic acids is 1. The van der Waals surface area contributed by atoms with E-state index in [4.69, 9.17) is 11.6 Å². The Morgan fingerprint density at radius 3 is 2.95 bits per heavy atom. The molecule has 1 aromatic carbocycles. The molecule has 1 aliphatic carbocycles. The van der Waals surface area contributed by atoms with Gasteiger partial charge in [0.25, 0.3) is 0 Å². The summed E-state index contributed by atoms with van der Waals surface area (Å²) in [6.07, 6.45) is 1.41. The molecule has 0 fully saturated rings. The number of fused-ring (bicyclic) bond motifs is 1. The number of methoxy groups -OCH3 is 1. The first-order valence-corrected chi connectivity index (χ1v) is 6.90. The zero-order valence-electron chi connectivity index (χ0n) is 11.6. The van der Waals surface area contributed by atoms with Crippen LogP contribution in [0.15, 0.2) is 18.2 Å². The molecule has 19 heavy (non-hydrogen) atoms. The van der Waals surface area contributed by atoms with Crippen molar-refractivity contribution in [3.05, 3.63) is 34.3 Å². The average Bonchev–Trinajstić information content (AvgIpc) is 2.60. The van der Waals surface area contributed by atoms with Gasteiger partial charge >= 0.3 is 5.97 Å². The van der Waals surface area contributed by atoms with Gasteiger partial charge in [0, 0.05) is 17.6 Å². The monoisotopic (exact) mass is 281 g/mol. The van der Waals surface area contributed by atoms with Gasteiger partial charge in [0.15, 0.2) is 0 Å². The van der Waals surface area contributed by atoms with Gasteiger partial charge in [0.2, 0.25) is 0 Å². The second kappa shape index (κ2) is 5.51. The van der Waals surface area contributed by atoms with E-state index in [2.05, 4.69) is 30.0 Å². The Hall–Kier alpha value is -1.06. The molecule has 0 saturated heterocycles. The summed E-state index contributed by atoms with van der Waals surface area (Å²) in [5.74, 6) is -0.186. The quantitative estimate of drug-likeness (QED) is 0.862. The van der Waals surface area contributed by atoms with Crippen molar-refractivity contribution in [3.8, 4) is 0 Å². The van der Waals surface area contributed by atoms with Crippen molar-refractivity contribution < 1.29 is 9.53 Å². The van der Waals surface area contributed by atoms with E-state index in [0.29, 0.717) is 13.0 Å². The first-order valence-electron chi connectivity index (χ1n) is 6.52. The number of hydrogen-bond acceptors (Lipinski definition) is 3. The maximum absolute atomic E-state index is 11.2. The molecule has 1 unspecified atom stereocenters. The highest BCUT2D eigenvalue weighted by molar-refractivity contribution is 6.30. The molecule has 2 rings (SSSR count). The van der Waals surface area contributed by atoms with E-state index in [9.17, 15) is 4.79 Å². The zero-order valence-corrected chi connectivity index (χ0v) is 12.4. The largest absolute Gasteiger partial charge is 0.469 e. The fourth-order valence-corrected chi connectivity index (χ4v) is 3.00. The molecule has 3 nitrogen and oxygen atoms in total. The molecule has 0 bridgehead atoms. The van der Waals surface area contributed by atoms with Crippen LogP contribution in [0.5, 0.6) is 0 Å². The van der Waals surface area contributed by atoms with Crippen LogP contribution in [0.4, 0.5) is 0 Å². The molecular weight excluding hydrogens is 262 g/mol. The highest BCUT2D eigenvalue weighted by atomic mass is 35.5. The van der Waals surface area contributed by atoms with Crippen molar-refractivity contribution >= 4 is 17.6 Å². The van der Waals surface area contributed by atoms with Gasteiger partial charge in [-0.25, -0.2) is 0 Å². The van der Waals surface area contributed by atoms with Crippen LogP contribution in [0, 0.1) is 5.41 Å². The Bertz CT molecular complexity index is 485. The molecule has 0 aromatic heterocycles. The topological polar surface area (TPSA) is 38.3 Å². The van der Waals surface area contributed by atoms with E-state index >= 15 is 0 Å². The predicted octanol–water partition coefficient (Wildman–Crippen LogP) is 3.12. The number of hydrogen-bond donors (Lipinski definition) is 1. The molecule has 1 aliphatic rings. The van der Waals surface area contributed by atoms with Gasteiger partial charge < -0.3 is 10.1 Å². The lowest BCUT2D eigenvalue weighted by Gasteiger charge is -2.28. The standard InChI is InChI=1S/C15H20ClNO2/c1-15(2)9-10-4-5-11(16)8-12(10)14(15)17-7-6-13(18)19-3/h4-5,8,14,17H,6-7,9H2,1-3H3. The van der Waals surface area contributed by atoms with Crippen LogP contribution in [0.2, 0.25) is 5.02 Å². The van der Waals surface area contributed by atoms with Crippen molar-refractivity contribution in [2.45, 2.75) is 32.7 Å². The van der Waals surface area contributed by atoms with Crippen molar-refractivity contribution in [3.63, 3.8) is 0 Å². The van der Waals surface area contributed by atoms with Crippen molar-refractivity contribution in [2.24, 2.45) is 5.41 Å². The van der Waals surface area contributed by atoms with E-state index in [-0.39, 0.29) is 17.4 Å². The Kier molecular flexibility index (Phi) is 4.16. The molecule has 0 amide bonds. The summed E-state index contributed by atoms with van der Waals surface area (Å²) in [4.78, 5) is 11.2. The molecule has 0 aliphatic heterocycles. The fourth-order valence-electron chi connectivity index (χ4n) is 2.82. The summed E-state index contributed by atoms with van der Waals surface area (Å²) in [6.45, 7) is 5.08. The summed E-state index contributed by atoms with van der Waals surface area (Å²) >= 11 is 6.09. The number of benzene rings is 1. The second-order valence-corrected chi connectivity index (χ2v) is 6.16. The van der Waals surface area contributed by atoms with Gasteiger partial charge in [-0.1, -0.05) is 31.5 Å². The van der Waals surface area contributed by atoms with Crippen LogP contribution in [-0.4, -0.2) is 19.6 Å². The molecule has 0 heterocycles. The number of carbonyl (C=O) groups is 1. The molecule has 0 radical (unpaired) electrons. The predicted molar refractivity (Wildman–Crippen MR) is 76.3 cm³/mol. The highest BCUT2D eigenvalue weighted by Gasteiger charge is 2.38. The number of halogens is 1. The maximum atomic E-state index is 11.2. The summed E-state index contributed by atoms with van der Waals surface area (Å²) in [7, 11) is 1.41. The zero-order chi connectivity index (χ0) is 14.0. The number of esters is 1. The Morgan fingerprint density at radius 2 is 2.26 bits per heavy atom. The van der Waals surface area contributed by atoms with Crippen LogP contribution >= 0.6 is 11.6 Å². The summed E-state index contributed by atoms with van der Waals surface area (Å²) in [5, 5.41) is 4.22. The average molecular weight is 282 g/mol. The Labute approximate surface area is 119 Å². The lowest BCUT2D eigenvalue weighted by atomic mass is 9.85. The minimum Gasteiger partial charge on any atom is -0.469 e. The van der Waals surface area contributed by atoms with Crippen molar-refractivity contribution in [1.82, 2.24) is 5.32 Å². The third kappa shape index (κ3) is 3.10. The van der Waals surface area contributed by atoms with Crippen LogP contribution in [-0.2, 0) is 16.0 Å². The summed E-state index contributed by atoms with van der Waals surface area (Å²) in [6, 6.07) is 6.29. The molecule has 0 saturated carbocycles. The van der Waals surface area contributed by atoms with Crippen LogP contribution in [0.1, 0.15) is 37.4 Å². The molecular formula is C15H20ClNO2. The molecule has 1 atom stereocenters. The third-order valence-electron chi connectivity index (χ3n) is 3.75. The summed E-state index contributed by atoms with van der Waals surface area (Å²) in [5.41, 5.74) is 2.72. The smallest absolute Gasteiger partial charge is 0.306 e. The van der Waals surface area contributed by atoms with Gasteiger partial charge in [0.05, 0.1) is 13.5 Å². The lowest BCUT2D eigenvalue weighted by Crippen LogP contribution is -2.32. The van der Waals surface area contributed by atoms with Crippen LogP contribution in [0.25, 0.3) is 0 Å². The SMILES string of the molecule is COC(=O)CCNC1c2cc(Cl)ccc2CC1(C)C.